The third-order valence-corrected chi connectivity index (χ3v) is 5.31. The Balaban J connectivity index is 2.04. The maximum Gasteiger partial charge on any atom is 0.119 e. The fourth-order valence-corrected chi connectivity index (χ4v) is 3.54. The molecule has 0 spiro atoms. The van der Waals surface area contributed by atoms with E-state index in [1.165, 1.54) is 31.2 Å². The van der Waals surface area contributed by atoms with Crippen molar-refractivity contribution in [3.8, 4) is 5.75 Å². The molecule has 21 heavy (non-hydrogen) atoms. The summed E-state index contributed by atoms with van der Waals surface area (Å²) in [7, 11) is 0. The normalized spacial score (nSPS) is 27.6. The van der Waals surface area contributed by atoms with Crippen molar-refractivity contribution in [2.75, 3.05) is 0 Å². The van der Waals surface area contributed by atoms with Gasteiger partial charge in [-0.25, -0.2) is 0 Å². The molecule has 1 aliphatic rings. The van der Waals surface area contributed by atoms with Crippen molar-refractivity contribution < 1.29 is 4.74 Å². The molecule has 0 aliphatic heterocycles. The molecule has 0 amide bonds. The Morgan fingerprint density at radius 3 is 2.33 bits per heavy atom. The molecular formula is C20H32O. The van der Waals surface area contributed by atoms with E-state index in [9.17, 15) is 0 Å². The molecule has 0 radical (unpaired) electrons. The predicted molar refractivity (Wildman–Crippen MR) is 90.9 cm³/mol. The van der Waals surface area contributed by atoms with Gasteiger partial charge in [-0.05, 0) is 60.6 Å². The predicted octanol–water partition coefficient (Wildman–Crippen LogP) is 6.04. The van der Waals surface area contributed by atoms with Gasteiger partial charge in [-0.15, -0.1) is 0 Å². The molecule has 0 saturated heterocycles. The highest BCUT2D eigenvalue weighted by Crippen LogP contribution is 2.36. The van der Waals surface area contributed by atoms with Crippen LogP contribution in [-0.4, -0.2) is 6.10 Å². The third kappa shape index (κ3) is 4.25. The SMILES string of the molecule is CC[C@@H](C)c1ccc(O[C@@H]2C[C@H](C)CC[C@H]2C(C)C)cc1. The monoisotopic (exact) mass is 288 g/mol. The summed E-state index contributed by atoms with van der Waals surface area (Å²) in [4.78, 5) is 0. The van der Waals surface area contributed by atoms with Crippen LogP contribution in [-0.2, 0) is 0 Å². The Morgan fingerprint density at radius 2 is 1.76 bits per heavy atom. The zero-order valence-electron chi connectivity index (χ0n) is 14.4. The minimum Gasteiger partial charge on any atom is -0.490 e. The first-order chi connectivity index (χ1) is 10.0. The van der Waals surface area contributed by atoms with E-state index < -0.39 is 0 Å². The van der Waals surface area contributed by atoms with E-state index in [2.05, 4.69) is 58.9 Å². The van der Waals surface area contributed by atoms with E-state index in [-0.39, 0.29) is 0 Å². The lowest BCUT2D eigenvalue weighted by Gasteiger charge is -2.37. The molecule has 0 unspecified atom stereocenters. The van der Waals surface area contributed by atoms with Crippen LogP contribution in [0, 0.1) is 17.8 Å². The quantitative estimate of drug-likeness (QED) is 0.642. The highest BCUT2D eigenvalue weighted by molar-refractivity contribution is 5.29. The molecule has 1 heteroatoms. The molecule has 0 heterocycles. The first-order valence-electron chi connectivity index (χ1n) is 8.77. The Hall–Kier alpha value is -0.980. The molecule has 2 rings (SSSR count). The molecular weight excluding hydrogens is 256 g/mol. The molecule has 4 atom stereocenters. The Bertz CT molecular complexity index is 420. The van der Waals surface area contributed by atoms with Gasteiger partial charge >= 0.3 is 0 Å². The van der Waals surface area contributed by atoms with Crippen LogP contribution in [0.15, 0.2) is 24.3 Å². The highest BCUT2D eigenvalue weighted by atomic mass is 16.5. The summed E-state index contributed by atoms with van der Waals surface area (Å²) in [6.45, 7) is 11.6. The zero-order valence-corrected chi connectivity index (χ0v) is 14.4. The van der Waals surface area contributed by atoms with Crippen LogP contribution < -0.4 is 4.74 Å². The first-order valence-corrected chi connectivity index (χ1v) is 8.77. The smallest absolute Gasteiger partial charge is 0.119 e. The molecule has 0 aromatic heterocycles. The number of rotatable bonds is 5. The second kappa shape index (κ2) is 7.33. The maximum atomic E-state index is 6.37. The molecule has 0 bridgehead atoms. The van der Waals surface area contributed by atoms with Gasteiger partial charge < -0.3 is 4.74 Å². The van der Waals surface area contributed by atoms with E-state index in [0.717, 1.165) is 11.7 Å². The number of hydrogen-bond donors (Lipinski definition) is 0. The minimum absolute atomic E-state index is 0.392. The van der Waals surface area contributed by atoms with Crippen LogP contribution in [0.25, 0.3) is 0 Å². The summed E-state index contributed by atoms with van der Waals surface area (Å²) in [5.74, 6) is 3.89. The summed E-state index contributed by atoms with van der Waals surface area (Å²) in [5.41, 5.74) is 1.42. The van der Waals surface area contributed by atoms with Gasteiger partial charge in [0, 0.05) is 0 Å². The maximum absolute atomic E-state index is 6.37. The lowest BCUT2D eigenvalue weighted by atomic mass is 9.75. The van der Waals surface area contributed by atoms with Gasteiger partial charge in [-0.3, -0.25) is 0 Å². The van der Waals surface area contributed by atoms with Crippen LogP contribution in [0.5, 0.6) is 5.75 Å². The molecule has 118 valence electrons. The van der Waals surface area contributed by atoms with Crippen molar-refractivity contribution in [3.05, 3.63) is 29.8 Å². The Kier molecular flexibility index (Phi) is 5.72. The first kappa shape index (κ1) is 16.4. The summed E-state index contributed by atoms with van der Waals surface area (Å²) in [6.07, 6.45) is 5.46. The van der Waals surface area contributed by atoms with Crippen LogP contribution in [0.3, 0.4) is 0 Å². The van der Waals surface area contributed by atoms with E-state index in [1.807, 2.05) is 0 Å². The largest absolute Gasteiger partial charge is 0.490 e. The van der Waals surface area contributed by atoms with Crippen LogP contribution >= 0.6 is 0 Å². The van der Waals surface area contributed by atoms with Gasteiger partial charge in [-0.2, -0.15) is 0 Å². The number of ether oxygens (including phenoxy) is 1. The van der Waals surface area contributed by atoms with Crippen LogP contribution in [0.1, 0.15) is 71.8 Å². The van der Waals surface area contributed by atoms with E-state index in [0.29, 0.717) is 23.9 Å². The van der Waals surface area contributed by atoms with Crippen LogP contribution in [0.4, 0.5) is 0 Å². The Labute approximate surface area is 131 Å². The summed E-state index contributed by atoms with van der Waals surface area (Å²) < 4.78 is 6.37. The lowest BCUT2D eigenvalue weighted by molar-refractivity contribution is 0.0460. The van der Waals surface area contributed by atoms with Crippen molar-refractivity contribution in [3.63, 3.8) is 0 Å². The van der Waals surface area contributed by atoms with Gasteiger partial charge in [0.15, 0.2) is 0 Å². The second-order valence-corrected chi connectivity index (χ2v) is 7.36. The van der Waals surface area contributed by atoms with E-state index in [1.54, 1.807) is 0 Å². The summed E-state index contributed by atoms with van der Waals surface area (Å²) in [5, 5.41) is 0. The van der Waals surface area contributed by atoms with Gasteiger partial charge in [0.05, 0.1) is 0 Å². The molecule has 1 aromatic rings. The lowest BCUT2D eigenvalue weighted by Crippen LogP contribution is -2.36. The standard InChI is InChI=1S/C20H32O/c1-6-16(5)17-8-10-18(11-9-17)21-20-13-15(4)7-12-19(20)14(2)3/h8-11,14-16,19-20H,6-7,12-13H2,1-5H3/t15-,16-,19+,20-/m1/s1. The van der Waals surface area contributed by atoms with Crippen molar-refractivity contribution in [1.82, 2.24) is 0 Å². The van der Waals surface area contributed by atoms with Crippen molar-refractivity contribution in [2.24, 2.45) is 17.8 Å². The van der Waals surface area contributed by atoms with Crippen LogP contribution in [0.2, 0.25) is 0 Å². The Morgan fingerprint density at radius 1 is 1.10 bits per heavy atom. The molecule has 1 nitrogen and oxygen atoms in total. The van der Waals surface area contributed by atoms with Gasteiger partial charge in [-0.1, -0.05) is 53.2 Å². The van der Waals surface area contributed by atoms with Crippen molar-refractivity contribution in [1.29, 1.82) is 0 Å². The van der Waals surface area contributed by atoms with Gasteiger partial charge in [0.1, 0.15) is 11.9 Å². The minimum atomic E-state index is 0.392. The van der Waals surface area contributed by atoms with E-state index >= 15 is 0 Å². The topological polar surface area (TPSA) is 9.23 Å². The average Bonchev–Trinajstić information content (AvgIpc) is 2.47. The highest BCUT2D eigenvalue weighted by Gasteiger charge is 2.32. The number of benzene rings is 1. The van der Waals surface area contributed by atoms with Gasteiger partial charge in [0.25, 0.3) is 0 Å². The van der Waals surface area contributed by atoms with Crippen molar-refractivity contribution in [2.45, 2.75) is 72.3 Å². The summed E-state index contributed by atoms with van der Waals surface area (Å²) >= 11 is 0. The van der Waals surface area contributed by atoms with Gasteiger partial charge in [0.2, 0.25) is 0 Å². The summed E-state index contributed by atoms with van der Waals surface area (Å²) in [6, 6.07) is 8.80. The van der Waals surface area contributed by atoms with E-state index in [4.69, 9.17) is 4.74 Å². The third-order valence-electron chi connectivity index (χ3n) is 5.31. The number of hydrogen-bond acceptors (Lipinski definition) is 1. The van der Waals surface area contributed by atoms with Crippen molar-refractivity contribution >= 4 is 0 Å². The molecule has 1 aliphatic carbocycles. The molecule has 1 aromatic carbocycles. The fraction of sp³-hybridized carbons (Fsp3) is 0.700. The molecule has 0 N–H and O–H groups in total. The average molecular weight is 288 g/mol. The second-order valence-electron chi connectivity index (χ2n) is 7.36. The molecule has 1 saturated carbocycles. The molecule has 1 fully saturated rings. The zero-order chi connectivity index (χ0) is 15.4. The fourth-order valence-electron chi connectivity index (χ4n) is 3.54.